The van der Waals surface area contributed by atoms with Gasteiger partial charge >= 0.3 is 0 Å². The molecule has 1 aliphatic rings. The molecule has 0 radical (unpaired) electrons. The van der Waals surface area contributed by atoms with E-state index >= 15 is 0 Å². The molecule has 2 aromatic rings. The van der Waals surface area contributed by atoms with Gasteiger partial charge in [0.05, 0.1) is 27.3 Å². The van der Waals surface area contributed by atoms with E-state index in [1.165, 1.54) is 17.4 Å². The smallest absolute Gasteiger partial charge is 0.183 e. The topological polar surface area (TPSA) is 108 Å². The Balaban J connectivity index is 2.09. The second-order valence-electron chi connectivity index (χ2n) is 5.29. The predicted molar refractivity (Wildman–Crippen MR) is 87.5 cm³/mol. The Kier molecular flexibility index (Phi) is 3.84. The fourth-order valence-corrected chi connectivity index (χ4v) is 5.03. The minimum Gasteiger partial charge on any atom is -0.399 e. The van der Waals surface area contributed by atoms with Crippen molar-refractivity contribution in [2.24, 2.45) is 0 Å². The highest BCUT2D eigenvalue weighted by Gasteiger charge is 2.31. The van der Waals surface area contributed by atoms with E-state index < -0.39 is 15.1 Å². The van der Waals surface area contributed by atoms with Crippen molar-refractivity contribution in [3.05, 3.63) is 23.9 Å². The second kappa shape index (κ2) is 5.53. The van der Waals surface area contributed by atoms with Crippen molar-refractivity contribution in [1.82, 2.24) is 4.98 Å². The molecule has 1 fully saturated rings. The maximum atomic E-state index is 12.7. The fourth-order valence-electron chi connectivity index (χ4n) is 2.55. The maximum Gasteiger partial charge on any atom is 0.183 e. The second-order valence-corrected chi connectivity index (χ2v) is 8.55. The normalized spacial score (nSPS) is 18.7. The molecule has 1 aromatic heterocycles. The van der Waals surface area contributed by atoms with Gasteiger partial charge in [-0.3, -0.25) is 0 Å². The summed E-state index contributed by atoms with van der Waals surface area (Å²) >= 11 is 1.32. The molecular formula is C14H17N3O3S2. The quantitative estimate of drug-likeness (QED) is 0.826. The van der Waals surface area contributed by atoms with Crippen molar-refractivity contribution in [2.45, 2.75) is 23.5 Å². The summed E-state index contributed by atoms with van der Waals surface area (Å²) in [5.74, 6) is 0. The van der Waals surface area contributed by atoms with Crippen LogP contribution in [0, 0.1) is 6.92 Å². The summed E-state index contributed by atoms with van der Waals surface area (Å²) in [6, 6.07) is 4.88. The van der Waals surface area contributed by atoms with Gasteiger partial charge in [0.25, 0.3) is 0 Å². The summed E-state index contributed by atoms with van der Waals surface area (Å²) in [6.45, 7) is 2.55. The SMILES string of the molecule is Cc1nc(N)sc1-c1cc(N)cc(S(=O)(=O)[C@@H]2CCOC2)c1. The molecule has 0 unspecified atom stereocenters. The van der Waals surface area contributed by atoms with Gasteiger partial charge in [0.2, 0.25) is 0 Å². The van der Waals surface area contributed by atoms with E-state index in [4.69, 9.17) is 16.2 Å². The van der Waals surface area contributed by atoms with E-state index in [0.717, 1.165) is 16.1 Å². The van der Waals surface area contributed by atoms with Crippen molar-refractivity contribution < 1.29 is 13.2 Å². The van der Waals surface area contributed by atoms with Crippen LogP contribution in [-0.2, 0) is 14.6 Å². The Labute approximate surface area is 133 Å². The zero-order valence-electron chi connectivity index (χ0n) is 12.1. The molecule has 0 amide bonds. The van der Waals surface area contributed by atoms with Gasteiger partial charge in [-0.05, 0) is 37.1 Å². The number of thiazole rings is 1. The van der Waals surface area contributed by atoms with Crippen LogP contribution in [0.1, 0.15) is 12.1 Å². The molecule has 1 aromatic carbocycles. The van der Waals surface area contributed by atoms with Gasteiger partial charge < -0.3 is 16.2 Å². The monoisotopic (exact) mass is 339 g/mol. The van der Waals surface area contributed by atoms with Crippen LogP contribution in [-0.4, -0.2) is 31.9 Å². The lowest BCUT2D eigenvalue weighted by Crippen LogP contribution is -2.21. The van der Waals surface area contributed by atoms with Gasteiger partial charge in [-0.15, -0.1) is 0 Å². The number of anilines is 2. The highest BCUT2D eigenvalue weighted by atomic mass is 32.2. The molecule has 3 rings (SSSR count). The van der Waals surface area contributed by atoms with Crippen LogP contribution >= 0.6 is 11.3 Å². The predicted octanol–water partition coefficient (Wildman–Crippen LogP) is 1.85. The molecule has 1 aliphatic heterocycles. The highest BCUT2D eigenvalue weighted by Crippen LogP contribution is 2.35. The largest absolute Gasteiger partial charge is 0.399 e. The number of nitrogen functional groups attached to an aromatic ring is 2. The third kappa shape index (κ3) is 2.69. The number of benzene rings is 1. The number of nitrogens with two attached hydrogens (primary N) is 2. The third-order valence-corrected chi connectivity index (χ3v) is 6.84. The molecule has 0 saturated carbocycles. The maximum absolute atomic E-state index is 12.7. The summed E-state index contributed by atoms with van der Waals surface area (Å²) in [4.78, 5) is 5.24. The van der Waals surface area contributed by atoms with Crippen LogP contribution in [0.2, 0.25) is 0 Å². The first kappa shape index (κ1) is 15.3. The van der Waals surface area contributed by atoms with Crippen molar-refractivity contribution >= 4 is 32.0 Å². The molecule has 6 nitrogen and oxygen atoms in total. The molecular weight excluding hydrogens is 322 g/mol. The fraction of sp³-hybridized carbons (Fsp3) is 0.357. The van der Waals surface area contributed by atoms with Crippen LogP contribution in [0.5, 0.6) is 0 Å². The van der Waals surface area contributed by atoms with Gasteiger partial charge in [0.1, 0.15) is 0 Å². The van der Waals surface area contributed by atoms with Crippen LogP contribution in [0.4, 0.5) is 10.8 Å². The summed E-state index contributed by atoms with van der Waals surface area (Å²) in [5.41, 5.74) is 13.5. The van der Waals surface area contributed by atoms with E-state index in [1.54, 1.807) is 12.1 Å². The first-order valence-electron chi connectivity index (χ1n) is 6.83. The van der Waals surface area contributed by atoms with E-state index in [1.807, 2.05) is 6.92 Å². The van der Waals surface area contributed by atoms with Crippen LogP contribution in [0.3, 0.4) is 0 Å². The van der Waals surface area contributed by atoms with Crippen LogP contribution in [0.25, 0.3) is 10.4 Å². The number of ether oxygens (including phenoxy) is 1. The van der Waals surface area contributed by atoms with Gasteiger partial charge in [-0.2, -0.15) is 0 Å². The van der Waals surface area contributed by atoms with Crippen molar-refractivity contribution in [2.75, 3.05) is 24.7 Å². The highest BCUT2D eigenvalue weighted by molar-refractivity contribution is 7.92. The Morgan fingerprint density at radius 2 is 2.09 bits per heavy atom. The number of nitrogens with zero attached hydrogens (tertiary/aromatic N) is 1. The van der Waals surface area contributed by atoms with Gasteiger partial charge in [-0.1, -0.05) is 11.3 Å². The average molecular weight is 339 g/mol. The van der Waals surface area contributed by atoms with Crippen LogP contribution in [0.15, 0.2) is 23.1 Å². The minimum absolute atomic E-state index is 0.226. The van der Waals surface area contributed by atoms with Gasteiger partial charge in [0, 0.05) is 12.3 Å². The lowest BCUT2D eigenvalue weighted by atomic mass is 10.1. The summed E-state index contributed by atoms with van der Waals surface area (Å²) in [7, 11) is -3.45. The van der Waals surface area contributed by atoms with Crippen molar-refractivity contribution in [3.8, 4) is 10.4 Å². The molecule has 22 heavy (non-hydrogen) atoms. The number of rotatable bonds is 3. The summed E-state index contributed by atoms with van der Waals surface area (Å²) in [5, 5.41) is -0.0571. The van der Waals surface area contributed by atoms with E-state index in [9.17, 15) is 8.42 Å². The van der Waals surface area contributed by atoms with E-state index in [0.29, 0.717) is 23.8 Å². The number of aromatic nitrogens is 1. The Morgan fingerprint density at radius 1 is 1.32 bits per heavy atom. The number of aryl methyl sites for hydroxylation is 1. The lowest BCUT2D eigenvalue weighted by Gasteiger charge is -2.12. The third-order valence-electron chi connectivity index (χ3n) is 3.66. The molecule has 4 N–H and O–H groups in total. The molecule has 8 heteroatoms. The summed E-state index contributed by atoms with van der Waals surface area (Å²) in [6.07, 6.45) is 0.513. The molecule has 118 valence electrons. The molecule has 1 saturated heterocycles. The summed E-state index contributed by atoms with van der Waals surface area (Å²) < 4.78 is 30.6. The molecule has 1 atom stereocenters. The minimum atomic E-state index is -3.45. The molecule has 0 spiro atoms. The zero-order chi connectivity index (χ0) is 15.9. The Bertz CT molecular complexity index is 809. The number of hydrogen-bond acceptors (Lipinski definition) is 7. The molecule has 2 heterocycles. The lowest BCUT2D eigenvalue weighted by molar-refractivity contribution is 0.198. The Hall–Kier alpha value is -1.64. The Morgan fingerprint density at radius 3 is 2.68 bits per heavy atom. The van der Waals surface area contributed by atoms with E-state index in [-0.39, 0.29) is 11.5 Å². The molecule has 0 bridgehead atoms. The molecule has 0 aliphatic carbocycles. The number of sulfone groups is 1. The first-order valence-corrected chi connectivity index (χ1v) is 9.19. The standard InChI is InChI=1S/C14H17N3O3S2/c1-8-13(21-14(16)17-8)9-4-10(15)6-12(5-9)22(18,19)11-2-3-20-7-11/h4-6,11H,2-3,7,15H2,1H3,(H2,16,17)/t11-/m1/s1. The number of hydrogen-bond donors (Lipinski definition) is 2. The van der Waals surface area contributed by atoms with Gasteiger partial charge in [-0.25, -0.2) is 13.4 Å². The van der Waals surface area contributed by atoms with Crippen LogP contribution < -0.4 is 11.5 Å². The van der Waals surface area contributed by atoms with Crippen molar-refractivity contribution in [1.29, 1.82) is 0 Å². The van der Waals surface area contributed by atoms with Crippen molar-refractivity contribution in [3.63, 3.8) is 0 Å². The average Bonchev–Trinajstić information content (AvgIpc) is 3.08. The van der Waals surface area contributed by atoms with E-state index in [2.05, 4.69) is 4.98 Å². The van der Waals surface area contributed by atoms with Gasteiger partial charge in [0.15, 0.2) is 15.0 Å². The zero-order valence-corrected chi connectivity index (χ0v) is 13.7. The first-order chi connectivity index (χ1) is 10.4.